The molecule has 178 valence electrons. The number of ether oxygens (including phenoxy) is 3. The highest BCUT2D eigenvalue weighted by Crippen LogP contribution is 2.28. The fraction of sp³-hybridized carbons (Fsp3) is 0.440. The molecule has 1 aliphatic heterocycles. The van der Waals surface area contributed by atoms with Gasteiger partial charge in [0.1, 0.15) is 0 Å². The topological polar surface area (TPSA) is 89.1 Å². The lowest BCUT2D eigenvalue weighted by Crippen LogP contribution is -2.36. The quantitative estimate of drug-likeness (QED) is 0.572. The molecule has 1 aliphatic rings. The molecule has 0 radical (unpaired) electrons. The standard InChI is InChI=1S/C25H33N3O5/c1-18(2)27-24(29)17-33-22-9-8-19(14-23(22)31-3)25(30)26-15-20-6-4-5-7-21(20)16-28-10-12-32-13-11-28/h4-9,14,18H,10-13,15-17H2,1-3H3,(H,26,30)(H,27,29). The Labute approximate surface area is 195 Å². The van der Waals surface area contributed by atoms with E-state index in [0.29, 0.717) is 23.6 Å². The summed E-state index contributed by atoms with van der Waals surface area (Å²) in [6, 6.07) is 13.1. The molecule has 1 fully saturated rings. The zero-order valence-corrected chi connectivity index (χ0v) is 19.6. The Morgan fingerprint density at radius 3 is 2.48 bits per heavy atom. The number of carbonyl (C=O) groups is 2. The molecule has 0 unspecified atom stereocenters. The van der Waals surface area contributed by atoms with E-state index in [2.05, 4.69) is 21.6 Å². The Kier molecular flexibility index (Phi) is 9.09. The molecule has 0 saturated carbocycles. The summed E-state index contributed by atoms with van der Waals surface area (Å²) in [7, 11) is 1.50. The predicted octanol–water partition coefficient (Wildman–Crippen LogP) is 2.36. The van der Waals surface area contributed by atoms with Gasteiger partial charge in [-0.25, -0.2) is 0 Å². The number of nitrogens with one attached hydrogen (secondary N) is 2. The maximum Gasteiger partial charge on any atom is 0.258 e. The maximum atomic E-state index is 12.8. The molecule has 2 aromatic rings. The van der Waals surface area contributed by atoms with Crippen LogP contribution in [0, 0.1) is 0 Å². The minimum Gasteiger partial charge on any atom is -0.493 e. The summed E-state index contributed by atoms with van der Waals surface area (Å²) < 4.78 is 16.4. The normalized spacial score (nSPS) is 14.1. The summed E-state index contributed by atoms with van der Waals surface area (Å²) in [5, 5.41) is 5.76. The monoisotopic (exact) mass is 455 g/mol. The summed E-state index contributed by atoms with van der Waals surface area (Å²) in [4.78, 5) is 27.0. The number of hydrogen-bond donors (Lipinski definition) is 2. The van der Waals surface area contributed by atoms with Crippen LogP contribution in [0.15, 0.2) is 42.5 Å². The first-order chi connectivity index (χ1) is 16.0. The van der Waals surface area contributed by atoms with Crippen molar-refractivity contribution in [1.82, 2.24) is 15.5 Å². The van der Waals surface area contributed by atoms with Gasteiger partial charge in [-0.2, -0.15) is 0 Å². The van der Waals surface area contributed by atoms with Crippen molar-refractivity contribution in [2.24, 2.45) is 0 Å². The molecule has 0 spiro atoms. The number of nitrogens with zero attached hydrogens (tertiary/aromatic N) is 1. The molecule has 2 aromatic carbocycles. The van der Waals surface area contributed by atoms with Crippen molar-refractivity contribution in [3.63, 3.8) is 0 Å². The Hall–Kier alpha value is -3.10. The highest BCUT2D eigenvalue weighted by atomic mass is 16.5. The van der Waals surface area contributed by atoms with Gasteiger partial charge < -0.3 is 24.8 Å². The number of carbonyl (C=O) groups excluding carboxylic acids is 2. The van der Waals surface area contributed by atoms with Gasteiger partial charge in [0.05, 0.1) is 20.3 Å². The van der Waals surface area contributed by atoms with Crippen LogP contribution in [-0.2, 0) is 22.6 Å². The minimum atomic E-state index is -0.218. The fourth-order valence-corrected chi connectivity index (χ4v) is 3.60. The third kappa shape index (κ3) is 7.47. The van der Waals surface area contributed by atoms with Gasteiger partial charge in [0.25, 0.3) is 11.8 Å². The second-order valence-electron chi connectivity index (χ2n) is 8.22. The van der Waals surface area contributed by atoms with Gasteiger partial charge in [0.2, 0.25) is 0 Å². The number of benzene rings is 2. The Bertz CT molecular complexity index is 941. The number of rotatable bonds is 10. The van der Waals surface area contributed by atoms with E-state index >= 15 is 0 Å². The lowest BCUT2D eigenvalue weighted by molar-refractivity contribution is -0.123. The number of hydrogen-bond acceptors (Lipinski definition) is 6. The summed E-state index contributed by atoms with van der Waals surface area (Å²) in [6.07, 6.45) is 0. The van der Waals surface area contributed by atoms with Crippen LogP contribution in [0.1, 0.15) is 35.3 Å². The number of morpholine rings is 1. The van der Waals surface area contributed by atoms with E-state index in [4.69, 9.17) is 14.2 Å². The SMILES string of the molecule is COc1cc(C(=O)NCc2ccccc2CN2CCOCC2)ccc1OCC(=O)NC(C)C. The van der Waals surface area contributed by atoms with Crippen molar-refractivity contribution in [2.45, 2.75) is 33.0 Å². The van der Waals surface area contributed by atoms with Gasteiger partial charge in [0.15, 0.2) is 18.1 Å². The number of methoxy groups -OCH3 is 1. The molecule has 2 amide bonds. The van der Waals surface area contributed by atoms with Gasteiger partial charge >= 0.3 is 0 Å². The highest BCUT2D eigenvalue weighted by Gasteiger charge is 2.15. The molecular weight excluding hydrogens is 422 g/mol. The van der Waals surface area contributed by atoms with Crippen LogP contribution < -0.4 is 20.1 Å². The lowest BCUT2D eigenvalue weighted by atomic mass is 10.1. The van der Waals surface area contributed by atoms with Crippen LogP contribution in [-0.4, -0.2) is 62.8 Å². The molecular formula is C25H33N3O5. The van der Waals surface area contributed by atoms with Gasteiger partial charge in [0, 0.05) is 37.8 Å². The Morgan fingerprint density at radius 1 is 1.06 bits per heavy atom. The van der Waals surface area contributed by atoms with Crippen molar-refractivity contribution in [3.05, 3.63) is 59.2 Å². The van der Waals surface area contributed by atoms with Crippen molar-refractivity contribution in [2.75, 3.05) is 40.0 Å². The Morgan fingerprint density at radius 2 is 1.79 bits per heavy atom. The van der Waals surface area contributed by atoms with Gasteiger partial charge in [-0.3, -0.25) is 14.5 Å². The van der Waals surface area contributed by atoms with Crippen LogP contribution in [0.25, 0.3) is 0 Å². The summed E-state index contributed by atoms with van der Waals surface area (Å²) >= 11 is 0. The van der Waals surface area contributed by atoms with Crippen molar-refractivity contribution in [1.29, 1.82) is 0 Å². The van der Waals surface area contributed by atoms with Gasteiger partial charge in [-0.1, -0.05) is 24.3 Å². The van der Waals surface area contributed by atoms with Crippen LogP contribution in [0.5, 0.6) is 11.5 Å². The van der Waals surface area contributed by atoms with Gasteiger partial charge in [-0.05, 0) is 43.2 Å². The smallest absolute Gasteiger partial charge is 0.258 e. The molecule has 33 heavy (non-hydrogen) atoms. The van der Waals surface area contributed by atoms with E-state index in [-0.39, 0.29) is 24.5 Å². The molecule has 2 N–H and O–H groups in total. The van der Waals surface area contributed by atoms with Gasteiger partial charge in [-0.15, -0.1) is 0 Å². The first kappa shape index (κ1) is 24.5. The molecule has 0 atom stereocenters. The molecule has 0 bridgehead atoms. The average Bonchev–Trinajstić information content (AvgIpc) is 2.82. The molecule has 8 heteroatoms. The Balaban J connectivity index is 1.60. The minimum absolute atomic E-state index is 0.0352. The van der Waals surface area contributed by atoms with Crippen LogP contribution in [0.2, 0.25) is 0 Å². The third-order valence-electron chi connectivity index (χ3n) is 5.29. The molecule has 0 aliphatic carbocycles. The molecule has 8 nitrogen and oxygen atoms in total. The van der Waals surface area contributed by atoms with E-state index in [1.807, 2.05) is 32.0 Å². The van der Waals surface area contributed by atoms with E-state index in [9.17, 15) is 9.59 Å². The average molecular weight is 456 g/mol. The molecule has 0 aromatic heterocycles. The van der Waals surface area contributed by atoms with E-state index in [1.54, 1.807) is 18.2 Å². The maximum absolute atomic E-state index is 12.8. The predicted molar refractivity (Wildman–Crippen MR) is 125 cm³/mol. The van der Waals surface area contributed by atoms with Crippen LogP contribution in [0.3, 0.4) is 0 Å². The molecule has 3 rings (SSSR count). The zero-order valence-electron chi connectivity index (χ0n) is 19.6. The molecule has 1 saturated heterocycles. The second kappa shape index (κ2) is 12.2. The van der Waals surface area contributed by atoms with Crippen molar-refractivity contribution >= 4 is 11.8 Å². The first-order valence-corrected chi connectivity index (χ1v) is 11.2. The highest BCUT2D eigenvalue weighted by molar-refractivity contribution is 5.94. The largest absolute Gasteiger partial charge is 0.493 e. The third-order valence-corrected chi connectivity index (χ3v) is 5.29. The first-order valence-electron chi connectivity index (χ1n) is 11.2. The van der Waals surface area contributed by atoms with Crippen molar-refractivity contribution in [3.8, 4) is 11.5 Å². The lowest BCUT2D eigenvalue weighted by Gasteiger charge is -2.27. The van der Waals surface area contributed by atoms with Crippen molar-refractivity contribution < 1.29 is 23.8 Å². The van der Waals surface area contributed by atoms with E-state index < -0.39 is 0 Å². The summed E-state index contributed by atoms with van der Waals surface area (Å²) in [6.45, 7) is 8.22. The van der Waals surface area contributed by atoms with Crippen LogP contribution >= 0.6 is 0 Å². The van der Waals surface area contributed by atoms with E-state index in [1.165, 1.54) is 12.7 Å². The van der Waals surface area contributed by atoms with E-state index in [0.717, 1.165) is 38.4 Å². The molecule has 1 heterocycles. The second-order valence-corrected chi connectivity index (χ2v) is 8.22. The fourth-order valence-electron chi connectivity index (χ4n) is 3.60. The van der Waals surface area contributed by atoms with Crippen LogP contribution in [0.4, 0.5) is 0 Å². The zero-order chi connectivity index (χ0) is 23.6. The summed E-state index contributed by atoms with van der Waals surface area (Å²) in [5.74, 6) is 0.375. The number of amides is 2. The summed E-state index contributed by atoms with van der Waals surface area (Å²) in [5.41, 5.74) is 2.73.